The molecular formula is C26H24N2O6. The molecule has 0 saturated heterocycles. The highest BCUT2D eigenvalue weighted by molar-refractivity contribution is 6.03. The summed E-state index contributed by atoms with van der Waals surface area (Å²) in [5.74, 6) is -2.24. The van der Waals surface area contributed by atoms with E-state index in [0.29, 0.717) is 0 Å². The molecule has 0 saturated carbocycles. The number of hydrogen-bond acceptors (Lipinski definition) is 5. The zero-order valence-electron chi connectivity index (χ0n) is 18.4. The van der Waals surface area contributed by atoms with Gasteiger partial charge in [-0.25, -0.2) is 9.59 Å². The second-order valence-electron chi connectivity index (χ2n) is 7.96. The van der Waals surface area contributed by atoms with Gasteiger partial charge in [0, 0.05) is 5.92 Å². The summed E-state index contributed by atoms with van der Waals surface area (Å²) in [4.78, 5) is 36.6. The van der Waals surface area contributed by atoms with Gasteiger partial charge >= 0.3 is 12.1 Å². The van der Waals surface area contributed by atoms with Crippen LogP contribution in [0.15, 0.2) is 66.7 Å². The van der Waals surface area contributed by atoms with E-state index in [1.807, 2.05) is 48.5 Å². The molecule has 0 radical (unpaired) electrons. The van der Waals surface area contributed by atoms with Gasteiger partial charge < -0.3 is 25.6 Å². The molecule has 34 heavy (non-hydrogen) atoms. The summed E-state index contributed by atoms with van der Waals surface area (Å²) in [6, 6.07) is 18.6. The molecule has 1 aliphatic carbocycles. The standard InChI is InChI=1S/C26H24N2O6/c1-2-22(24(30)27-23-12-11-15(29)13-20(23)25(31)32)28-26(33)34-14-21-18-9-5-3-7-16(18)17-8-4-6-10-19(17)21/h3-13,21-22,29H,2,14H2,1H3,(H,27,30)(H,28,33)(H,31,32)/t22-/m0/s1. The van der Waals surface area contributed by atoms with Gasteiger partial charge in [0.1, 0.15) is 18.4 Å². The molecule has 0 aromatic heterocycles. The number of benzene rings is 3. The van der Waals surface area contributed by atoms with Crippen LogP contribution in [0.5, 0.6) is 5.75 Å². The smallest absolute Gasteiger partial charge is 0.407 e. The Hall–Kier alpha value is -4.33. The van der Waals surface area contributed by atoms with Gasteiger partial charge in [0.2, 0.25) is 5.91 Å². The number of carboxylic acids is 1. The quantitative estimate of drug-likeness (QED) is 0.389. The van der Waals surface area contributed by atoms with Gasteiger partial charge in [-0.15, -0.1) is 0 Å². The maximum Gasteiger partial charge on any atom is 0.407 e. The zero-order valence-corrected chi connectivity index (χ0v) is 18.4. The van der Waals surface area contributed by atoms with Crippen LogP contribution in [0.3, 0.4) is 0 Å². The number of aromatic hydroxyl groups is 1. The number of hydrogen-bond donors (Lipinski definition) is 4. The fraction of sp³-hybridized carbons (Fsp3) is 0.192. The van der Waals surface area contributed by atoms with E-state index in [9.17, 15) is 24.6 Å². The summed E-state index contributed by atoms with van der Waals surface area (Å²) in [6.07, 6.45) is -0.482. The number of alkyl carbamates (subject to hydrolysis) is 1. The lowest BCUT2D eigenvalue weighted by Gasteiger charge is -2.19. The maximum absolute atomic E-state index is 12.7. The van der Waals surface area contributed by atoms with Crippen LogP contribution in [0.25, 0.3) is 11.1 Å². The molecule has 0 heterocycles. The average molecular weight is 460 g/mol. The van der Waals surface area contributed by atoms with E-state index >= 15 is 0 Å². The number of ether oxygens (including phenoxy) is 1. The number of carbonyl (C=O) groups excluding carboxylic acids is 2. The Balaban J connectivity index is 1.41. The zero-order chi connectivity index (χ0) is 24.2. The van der Waals surface area contributed by atoms with Crippen molar-refractivity contribution in [1.29, 1.82) is 0 Å². The number of aromatic carboxylic acids is 1. The van der Waals surface area contributed by atoms with E-state index in [1.165, 1.54) is 12.1 Å². The van der Waals surface area contributed by atoms with Crippen LogP contribution >= 0.6 is 0 Å². The van der Waals surface area contributed by atoms with Gasteiger partial charge in [0.05, 0.1) is 11.3 Å². The molecular weight excluding hydrogens is 436 g/mol. The van der Waals surface area contributed by atoms with Gasteiger partial charge in [-0.3, -0.25) is 4.79 Å². The van der Waals surface area contributed by atoms with E-state index in [2.05, 4.69) is 10.6 Å². The van der Waals surface area contributed by atoms with E-state index in [0.717, 1.165) is 28.3 Å². The molecule has 0 aliphatic heterocycles. The van der Waals surface area contributed by atoms with Crippen molar-refractivity contribution in [3.8, 4) is 16.9 Å². The molecule has 0 spiro atoms. The summed E-state index contributed by atoms with van der Waals surface area (Å²) in [6.45, 7) is 1.82. The lowest BCUT2D eigenvalue weighted by atomic mass is 9.98. The minimum atomic E-state index is -1.30. The number of phenolic OH excluding ortho intramolecular Hbond substituents is 1. The van der Waals surface area contributed by atoms with Crippen molar-refractivity contribution in [2.24, 2.45) is 0 Å². The van der Waals surface area contributed by atoms with Gasteiger partial charge in [-0.05, 0) is 46.9 Å². The van der Waals surface area contributed by atoms with E-state index < -0.39 is 24.0 Å². The first-order valence-corrected chi connectivity index (χ1v) is 10.9. The van der Waals surface area contributed by atoms with Crippen LogP contribution in [0.4, 0.5) is 10.5 Å². The van der Waals surface area contributed by atoms with Crippen molar-refractivity contribution in [3.63, 3.8) is 0 Å². The van der Waals surface area contributed by atoms with E-state index in [1.54, 1.807) is 6.92 Å². The van der Waals surface area contributed by atoms with Crippen molar-refractivity contribution >= 4 is 23.7 Å². The van der Waals surface area contributed by atoms with Crippen LogP contribution in [-0.4, -0.2) is 40.8 Å². The van der Waals surface area contributed by atoms with Crippen molar-refractivity contribution in [2.45, 2.75) is 25.3 Å². The average Bonchev–Trinajstić information content (AvgIpc) is 3.15. The molecule has 4 rings (SSSR count). The van der Waals surface area contributed by atoms with Crippen LogP contribution in [0.1, 0.15) is 40.7 Å². The minimum absolute atomic E-state index is 0.0167. The fourth-order valence-corrected chi connectivity index (χ4v) is 4.17. The summed E-state index contributed by atoms with van der Waals surface area (Å²) in [7, 11) is 0. The summed E-state index contributed by atoms with van der Waals surface area (Å²) in [5, 5.41) is 23.9. The van der Waals surface area contributed by atoms with Crippen molar-refractivity contribution < 1.29 is 29.3 Å². The van der Waals surface area contributed by atoms with Crippen LogP contribution < -0.4 is 10.6 Å². The van der Waals surface area contributed by atoms with Crippen LogP contribution in [0.2, 0.25) is 0 Å². The highest BCUT2D eigenvalue weighted by atomic mass is 16.5. The molecule has 4 N–H and O–H groups in total. The second-order valence-corrected chi connectivity index (χ2v) is 7.96. The Kier molecular flexibility index (Phi) is 6.49. The third kappa shape index (κ3) is 4.56. The Labute approximate surface area is 196 Å². The van der Waals surface area contributed by atoms with E-state index in [-0.39, 0.29) is 35.9 Å². The van der Waals surface area contributed by atoms with E-state index in [4.69, 9.17) is 4.74 Å². The normalized spacial score (nSPS) is 12.9. The molecule has 0 fully saturated rings. The fourth-order valence-electron chi connectivity index (χ4n) is 4.17. The highest BCUT2D eigenvalue weighted by Crippen LogP contribution is 2.44. The highest BCUT2D eigenvalue weighted by Gasteiger charge is 2.29. The van der Waals surface area contributed by atoms with Gasteiger partial charge in [0.15, 0.2) is 0 Å². The number of fused-ring (bicyclic) bond motifs is 3. The molecule has 1 aliphatic rings. The molecule has 0 unspecified atom stereocenters. The Morgan fingerprint density at radius 2 is 1.59 bits per heavy atom. The molecule has 3 aromatic rings. The number of anilines is 1. The molecule has 8 heteroatoms. The summed E-state index contributed by atoms with van der Waals surface area (Å²) < 4.78 is 5.49. The molecule has 1 atom stereocenters. The first kappa shape index (κ1) is 22.8. The number of nitrogens with one attached hydrogen (secondary N) is 2. The SMILES string of the molecule is CC[C@H](NC(=O)OCC1c2ccccc2-c2ccccc21)C(=O)Nc1ccc(O)cc1C(=O)O. The predicted molar refractivity (Wildman–Crippen MR) is 126 cm³/mol. The summed E-state index contributed by atoms with van der Waals surface area (Å²) in [5.41, 5.74) is 4.14. The molecule has 174 valence electrons. The monoisotopic (exact) mass is 460 g/mol. The van der Waals surface area contributed by atoms with Crippen molar-refractivity contribution in [1.82, 2.24) is 5.32 Å². The third-order valence-electron chi connectivity index (χ3n) is 5.85. The first-order valence-electron chi connectivity index (χ1n) is 10.9. The number of amides is 2. The lowest BCUT2D eigenvalue weighted by molar-refractivity contribution is -0.118. The van der Waals surface area contributed by atoms with Crippen LogP contribution in [0, 0.1) is 0 Å². The Bertz CT molecular complexity index is 1210. The number of rotatable bonds is 7. The van der Waals surface area contributed by atoms with Gasteiger partial charge in [0.25, 0.3) is 0 Å². The largest absolute Gasteiger partial charge is 0.508 e. The Morgan fingerprint density at radius 1 is 0.971 bits per heavy atom. The topological polar surface area (TPSA) is 125 Å². The van der Waals surface area contributed by atoms with Crippen molar-refractivity contribution in [2.75, 3.05) is 11.9 Å². The molecule has 0 bridgehead atoms. The van der Waals surface area contributed by atoms with Crippen molar-refractivity contribution in [3.05, 3.63) is 83.4 Å². The third-order valence-corrected chi connectivity index (χ3v) is 5.85. The summed E-state index contributed by atoms with van der Waals surface area (Å²) >= 11 is 0. The maximum atomic E-state index is 12.7. The minimum Gasteiger partial charge on any atom is -0.508 e. The van der Waals surface area contributed by atoms with Gasteiger partial charge in [-0.1, -0.05) is 55.5 Å². The lowest BCUT2D eigenvalue weighted by Crippen LogP contribution is -2.44. The van der Waals surface area contributed by atoms with Crippen LogP contribution in [-0.2, 0) is 9.53 Å². The Morgan fingerprint density at radius 3 is 2.18 bits per heavy atom. The second kappa shape index (κ2) is 9.66. The molecule has 8 nitrogen and oxygen atoms in total. The molecule has 3 aromatic carbocycles. The predicted octanol–water partition coefficient (Wildman–Crippen LogP) is 4.35. The first-order chi connectivity index (χ1) is 16.4. The van der Waals surface area contributed by atoms with Gasteiger partial charge in [-0.2, -0.15) is 0 Å². The number of phenols is 1. The number of carboxylic acid groups (broad SMARTS) is 1. The number of carbonyl (C=O) groups is 3. The molecule has 2 amide bonds.